The molecule has 1 amide bonds. The molecule has 104 valence electrons. The zero-order valence-corrected chi connectivity index (χ0v) is 12.2. The van der Waals surface area contributed by atoms with Crippen molar-refractivity contribution < 1.29 is 4.79 Å². The van der Waals surface area contributed by atoms with Crippen molar-refractivity contribution in [3.8, 4) is 0 Å². The van der Waals surface area contributed by atoms with Gasteiger partial charge in [-0.3, -0.25) is 9.78 Å². The fourth-order valence-corrected chi connectivity index (χ4v) is 2.32. The van der Waals surface area contributed by atoms with Crippen LogP contribution in [0.2, 0.25) is 5.02 Å². The fourth-order valence-electron chi connectivity index (χ4n) is 2.19. The summed E-state index contributed by atoms with van der Waals surface area (Å²) in [6, 6.07) is 14.6. The second-order valence-electron chi connectivity index (χ2n) is 4.79. The molecule has 4 heteroatoms. The van der Waals surface area contributed by atoms with Gasteiger partial charge < -0.3 is 5.32 Å². The lowest BCUT2D eigenvalue weighted by Crippen LogP contribution is -2.13. The van der Waals surface area contributed by atoms with Gasteiger partial charge in [0.15, 0.2) is 0 Å². The number of halogens is 1. The number of carbonyl (C=O) groups is 1. The summed E-state index contributed by atoms with van der Waals surface area (Å²) in [5.41, 5.74) is 3.07. The molecule has 0 aliphatic rings. The molecule has 2 aromatic carbocycles. The third-order valence-corrected chi connectivity index (χ3v) is 3.58. The van der Waals surface area contributed by atoms with E-state index < -0.39 is 0 Å². The van der Waals surface area contributed by atoms with E-state index in [4.69, 9.17) is 11.6 Å². The Balaban J connectivity index is 1.99. The molecule has 0 atom stereocenters. The van der Waals surface area contributed by atoms with Crippen molar-refractivity contribution in [3.05, 3.63) is 70.9 Å². The molecule has 3 rings (SSSR count). The molecule has 0 fully saturated rings. The Kier molecular flexibility index (Phi) is 3.59. The van der Waals surface area contributed by atoms with Gasteiger partial charge in [0.25, 0.3) is 5.91 Å². The van der Waals surface area contributed by atoms with E-state index >= 15 is 0 Å². The average molecular weight is 297 g/mol. The molecule has 0 saturated carbocycles. The van der Waals surface area contributed by atoms with Gasteiger partial charge in [-0.15, -0.1) is 0 Å². The summed E-state index contributed by atoms with van der Waals surface area (Å²) in [6.45, 7) is 1.95. The molecule has 3 nitrogen and oxygen atoms in total. The van der Waals surface area contributed by atoms with E-state index in [1.165, 1.54) is 0 Å². The monoisotopic (exact) mass is 296 g/mol. The number of carbonyl (C=O) groups excluding carboxylic acids is 1. The van der Waals surface area contributed by atoms with E-state index in [1.807, 2.05) is 31.2 Å². The highest BCUT2D eigenvalue weighted by atomic mass is 35.5. The number of anilines is 1. The number of pyridine rings is 1. The highest BCUT2D eigenvalue weighted by Crippen LogP contribution is 2.25. The van der Waals surface area contributed by atoms with Crippen molar-refractivity contribution in [3.63, 3.8) is 0 Å². The molecule has 0 spiro atoms. The molecular weight excluding hydrogens is 284 g/mol. The van der Waals surface area contributed by atoms with Crippen molar-refractivity contribution in [1.29, 1.82) is 0 Å². The fraction of sp³-hybridized carbons (Fsp3) is 0.0588. The van der Waals surface area contributed by atoms with E-state index in [1.54, 1.807) is 30.5 Å². The Morgan fingerprint density at radius 2 is 1.86 bits per heavy atom. The van der Waals surface area contributed by atoms with Crippen molar-refractivity contribution in [2.45, 2.75) is 6.92 Å². The SMILES string of the molecule is Cc1ccc2cccnc2c1NC(=O)c1ccc(Cl)cc1. The van der Waals surface area contributed by atoms with Crippen molar-refractivity contribution in [1.82, 2.24) is 4.98 Å². The minimum Gasteiger partial charge on any atom is -0.320 e. The number of aromatic nitrogens is 1. The molecule has 0 aliphatic carbocycles. The first-order chi connectivity index (χ1) is 10.1. The summed E-state index contributed by atoms with van der Waals surface area (Å²) in [5, 5.41) is 4.55. The molecule has 1 heterocycles. The third-order valence-electron chi connectivity index (χ3n) is 3.33. The van der Waals surface area contributed by atoms with Crippen molar-refractivity contribution in [2.75, 3.05) is 5.32 Å². The van der Waals surface area contributed by atoms with Gasteiger partial charge in [-0.1, -0.05) is 29.8 Å². The standard InChI is InChI=1S/C17H13ClN2O/c1-11-4-5-12-3-2-10-19-16(12)15(11)20-17(21)13-6-8-14(18)9-7-13/h2-10H,1H3,(H,20,21). The van der Waals surface area contributed by atoms with Gasteiger partial charge in [-0.05, 0) is 42.8 Å². The van der Waals surface area contributed by atoms with Gasteiger partial charge in [0.1, 0.15) is 0 Å². The van der Waals surface area contributed by atoms with E-state index in [0.717, 1.165) is 22.2 Å². The maximum atomic E-state index is 12.3. The number of fused-ring (bicyclic) bond motifs is 1. The minimum atomic E-state index is -0.173. The van der Waals surface area contributed by atoms with Gasteiger partial charge in [-0.25, -0.2) is 0 Å². The molecular formula is C17H13ClN2O. The predicted molar refractivity (Wildman–Crippen MR) is 85.9 cm³/mol. The molecule has 0 saturated heterocycles. The first-order valence-corrected chi connectivity index (χ1v) is 6.94. The van der Waals surface area contributed by atoms with Gasteiger partial charge in [0.05, 0.1) is 11.2 Å². The number of rotatable bonds is 2. The number of nitrogens with one attached hydrogen (secondary N) is 1. The molecule has 0 unspecified atom stereocenters. The number of hydrogen-bond acceptors (Lipinski definition) is 2. The lowest BCUT2D eigenvalue weighted by Gasteiger charge is -2.11. The minimum absolute atomic E-state index is 0.173. The molecule has 3 aromatic rings. The summed E-state index contributed by atoms with van der Waals surface area (Å²) in [7, 11) is 0. The first kappa shape index (κ1) is 13.6. The molecule has 1 N–H and O–H groups in total. The smallest absolute Gasteiger partial charge is 0.255 e. The summed E-state index contributed by atoms with van der Waals surface area (Å²) >= 11 is 5.84. The quantitative estimate of drug-likeness (QED) is 0.759. The van der Waals surface area contributed by atoms with E-state index in [9.17, 15) is 4.79 Å². The van der Waals surface area contributed by atoms with Crippen molar-refractivity contribution in [2.24, 2.45) is 0 Å². The highest BCUT2D eigenvalue weighted by molar-refractivity contribution is 6.30. The topological polar surface area (TPSA) is 42.0 Å². The Labute approximate surface area is 127 Å². The molecule has 0 radical (unpaired) electrons. The number of amides is 1. The van der Waals surface area contributed by atoms with E-state index in [2.05, 4.69) is 10.3 Å². The molecule has 21 heavy (non-hydrogen) atoms. The Hall–Kier alpha value is -2.39. The van der Waals surface area contributed by atoms with Crippen LogP contribution in [0.1, 0.15) is 15.9 Å². The van der Waals surface area contributed by atoms with Crippen LogP contribution in [0.15, 0.2) is 54.7 Å². The molecule has 1 aromatic heterocycles. The zero-order chi connectivity index (χ0) is 14.8. The lowest BCUT2D eigenvalue weighted by molar-refractivity contribution is 0.102. The summed E-state index contributed by atoms with van der Waals surface area (Å²) in [6.07, 6.45) is 1.72. The Morgan fingerprint density at radius 1 is 1.10 bits per heavy atom. The molecule has 0 aliphatic heterocycles. The summed E-state index contributed by atoms with van der Waals surface area (Å²) < 4.78 is 0. The van der Waals surface area contributed by atoms with Gasteiger partial charge in [0.2, 0.25) is 0 Å². The number of hydrogen-bond donors (Lipinski definition) is 1. The largest absolute Gasteiger partial charge is 0.320 e. The van der Waals surface area contributed by atoms with Gasteiger partial charge in [-0.2, -0.15) is 0 Å². The van der Waals surface area contributed by atoms with Crippen LogP contribution >= 0.6 is 11.6 Å². The average Bonchev–Trinajstić information content (AvgIpc) is 2.51. The predicted octanol–water partition coefficient (Wildman–Crippen LogP) is 4.45. The van der Waals surface area contributed by atoms with Crippen LogP contribution in [-0.2, 0) is 0 Å². The maximum Gasteiger partial charge on any atom is 0.255 e. The number of aryl methyl sites for hydroxylation is 1. The van der Waals surface area contributed by atoms with E-state index in [-0.39, 0.29) is 5.91 Å². The zero-order valence-electron chi connectivity index (χ0n) is 11.4. The Morgan fingerprint density at radius 3 is 2.62 bits per heavy atom. The lowest BCUT2D eigenvalue weighted by atomic mass is 10.1. The Bertz CT molecular complexity index is 813. The van der Waals surface area contributed by atoms with Gasteiger partial charge >= 0.3 is 0 Å². The number of benzene rings is 2. The van der Waals surface area contributed by atoms with Crippen LogP contribution in [0.5, 0.6) is 0 Å². The highest BCUT2D eigenvalue weighted by Gasteiger charge is 2.11. The summed E-state index contributed by atoms with van der Waals surface area (Å²) in [4.78, 5) is 16.7. The third kappa shape index (κ3) is 2.73. The van der Waals surface area contributed by atoms with Crippen LogP contribution in [0.4, 0.5) is 5.69 Å². The van der Waals surface area contributed by atoms with Crippen LogP contribution in [-0.4, -0.2) is 10.9 Å². The van der Waals surface area contributed by atoms with E-state index in [0.29, 0.717) is 10.6 Å². The van der Waals surface area contributed by atoms with Crippen LogP contribution in [0, 0.1) is 6.92 Å². The first-order valence-electron chi connectivity index (χ1n) is 6.56. The second kappa shape index (κ2) is 5.54. The second-order valence-corrected chi connectivity index (χ2v) is 5.23. The van der Waals surface area contributed by atoms with Crippen LogP contribution in [0.25, 0.3) is 10.9 Å². The normalized spacial score (nSPS) is 10.6. The molecule has 0 bridgehead atoms. The number of nitrogens with zero attached hydrogens (tertiary/aromatic N) is 1. The maximum absolute atomic E-state index is 12.3. The summed E-state index contributed by atoms with van der Waals surface area (Å²) in [5.74, 6) is -0.173. The van der Waals surface area contributed by atoms with Crippen LogP contribution in [0.3, 0.4) is 0 Å². The van der Waals surface area contributed by atoms with Crippen molar-refractivity contribution >= 4 is 34.1 Å². The van der Waals surface area contributed by atoms with Gasteiger partial charge in [0, 0.05) is 22.2 Å². The van der Waals surface area contributed by atoms with Crippen LogP contribution < -0.4 is 5.32 Å².